The lowest BCUT2D eigenvalue weighted by molar-refractivity contribution is -0.138. The Hall–Kier alpha value is -1.65. The van der Waals surface area contributed by atoms with E-state index in [1.54, 1.807) is 12.4 Å². The molecule has 0 bridgehead atoms. The van der Waals surface area contributed by atoms with Crippen LogP contribution in [0, 0.1) is 6.92 Å². The van der Waals surface area contributed by atoms with E-state index in [4.69, 9.17) is 5.11 Å². The number of anilines is 1. The van der Waals surface area contributed by atoms with Crippen molar-refractivity contribution in [1.29, 1.82) is 0 Å². The number of carboxylic acids is 1. The van der Waals surface area contributed by atoms with Gasteiger partial charge in [-0.1, -0.05) is 12.8 Å². The van der Waals surface area contributed by atoms with Crippen LogP contribution < -0.4 is 5.32 Å². The summed E-state index contributed by atoms with van der Waals surface area (Å²) in [6.07, 6.45) is 7.31. The second kappa shape index (κ2) is 4.69. The molecule has 1 fully saturated rings. The predicted molar refractivity (Wildman–Crippen MR) is 63.8 cm³/mol. The van der Waals surface area contributed by atoms with Gasteiger partial charge in [0.15, 0.2) is 0 Å². The van der Waals surface area contributed by atoms with Gasteiger partial charge < -0.3 is 10.4 Å². The second-order valence-corrected chi connectivity index (χ2v) is 4.67. The quantitative estimate of drug-likeness (QED) is 0.834. The molecule has 0 amide bonds. The molecule has 0 spiro atoms. The normalized spacial score (nSPS) is 17.9. The van der Waals surface area contributed by atoms with Crippen molar-refractivity contribution in [3.63, 3.8) is 0 Å². The fraction of sp³-hybridized carbons (Fsp3) is 0.583. The van der Waals surface area contributed by atoms with Crippen LogP contribution in [-0.2, 0) is 4.79 Å². The summed E-state index contributed by atoms with van der Waals surface area (Å²) in [5, 5.41) is 12.3. The fourth-order valence-electron chi connectivity index (χ4n) is 2.47. The highest BCUT2D eigenvalue weighted by Crippen LogP contribution is 2.35. The second-order valence-electron chi connectivity index (χ2n) is 4.67. The summed E-state index contributed by atoms with van der Waals surface area (Å²) in [5.41, 5.74) is 0.469. The Morgan fingerprint density at radius 2 is 2.06 bits per heavy atom. The van der Waals surface area contributed by atoms with Gasteiger partial charge in [0.1, 0.15) is 5.82 Å². The standard InChI is InChI=1S/C12H17N3O2/c1-9-11(14-7-6-13-9)15-12(8-10(16)17)4-2-3-5-12/h6-7H,2-5,8H2,1H3,(H,14,15)(H,16,17). The summed E-state index contributed by atoms with van der Waals surface area (Å²) in [6, 6.07) is 0. The highest BCUT2D eigenvalue weighted by molar-refractivity contribution is 5.69. The monoisotopic (exact) mass is 235 g/mol. The number of nitrogens with zero attached hydrogens (tertiary/aromatic N) is 2. The van der Waals surface area contributed by atoms with Crippen molar-refractivity contribution in [1.82, 2.24) is 9.97 Å². The number of rotatable bonds is 4. The third-order valence-corrected chi connectivity index (χ3v) is 3.32. The summed E-state index contributed by atoms with van der Waals surface area (Å²) in [7, 11) is 0. The van der Waals surface area contributed by atoms with Gasteiger partial charge in [0.25, 0.3) is 0 Å². The number of hydrogen-bond acceptors (Lipinski definition) is 4. The molecule has 5 nitrogen and oxygen atoms in total. The Morgan fingerprint density at radius 1 is 1.41 bits per heavy atom. The van der Waals surface area contributed by atoms with E-state index in [0.29, 0.717) is 5.82 Å². The molecule has 1 aromatic rings. The number of aromatic nitrogens is 2. The van der Waals surface area contributed by atoms with Crippen LogP contribution in [0.1, 0.15) is 37.8 Å². The molecule has 1 heterocycles. The van der Waals surface area contributed by atoms with Crippen LogP contribution in [0.3, 0.4) is 0 Å². The molecule has 0 saturated heterocycles. The lowest BCUT2D eigenvalue weighted by Crippen LogP contribution is -2.38. The van der Waals surface area contributed by atoms with Crippen molar-refractivity contribution >= 4 is 11.8 Å². The minimum atomic E-state index is -0.763. The number of aliphatic carboxylic acids is 1. The molecule has 2 N–H and O–H groups in total. The maximum Gasteiger partial charge on any atom is 0.305 e. The van der Waals surface area contributed by atoms with Crippen LogP contribution in [0.15, 0.2) is 12.4 Å². The Bertz CT molecular complexity index is 414. The first-order chi connectivity index (χ1) is 8.11. The van der Waals surface area contributed by atoms with Crippen molar-refractivity contribution in [3.05, 3.63) is 18.1 Å². The maximum atomic E-state index is 11.0. The van der Waals surface area contributed by atoms with Gasteiger partial charge in [-0.05, 0) is 19.8 Å². The molecule has 5 heteroatoms. The zero-order chi connectivity index (χ0) is 12.3. The molecule has 17 heavy (non-hydrogen) atoms. The minimum Gasteiger partial charge on any atom is -0.481 e. The molecule has 0 aromatic carbocycles. The topological polar surface area (TPSA) is 75.1 Å². The maximum absolute atomic E-state index is 11.0. The number of aryl methyl sites for hydroxylation is 1. The zero-order valence-corrected chi connectivity index (χ0v) is 9.94. The first kappa shape index (κ1) is 11.8. The van der Waals surface area contributed by atoms with E-state index in [2.05, 4.69) is 15.3 Å². The summed E-state index contributed by atoms with van der Waals surface area (Å²) in [4.78, 5) is 19.3. The van der Waals surface area contributed by atoms with E-state index in [-0.39, 0.29) is 12.0 Å². The molecule has 92 valence electrons. The van der Waals surface area contributed by atoms with Gasteiger partial charge in [0.2, 0.25) is 0 Å². The van der Waals surface area contributed by atoms with E-state index in [0.717, 1.165) is 31.4 Å². The number of carboxylic acid groups (broad SMARTS) is 1. The van der Waals surface area contributed by atoms with Crippen molar-refractivity contribution in [2.24, 2.45) is 0 Å². The SMILES string of the molecule is Cc1nccnc1NC1(CC(=O)O)CCCC1. The van der Waals surface area contributed by atoms with Gasteiger partial charge >= 0.3 is 5.97 Å². The van der Waals surface area contributed by atoms with E-state index in [1.165, 1.54) is 0 Å². The summed E-state index contributed by atoms with van der Waals surface area (Å²) < 4.78 is 0. The Labute approximate surface area is 100 Å². The van der Waals surface area contributed by atoms with Crippen LogP contribution >= 0.6 is 0 Å². The largest absolute Gasteiger partial charge is 0.481 e. The molecule has 1 saturated carbocycles. The van der Waals surface area contributed by atoms with Crippen LogP contribution in [0.5, 0.6) is 0 Å². The number of hydrogen-bond donors (Lipinski definition) is 2. The van der Waals surface area contributed by atoms with Crippen LogP contribution in [-0.4, -0.2) is 26.6 Å². The third-order valence-electron chi connectivity index (χ3n) is 3.32. The van der Waals surface area contributed by atoms with Crippen molar-refractivity contribution < 1.29 is 9.90 Å². The summed E-state index contributed by atoms with van der Waals surface area (Å²) in [5.74, 6) is -0.0587. The van der Waals surface area contributed by atoms with Crippen LogP contribution in [0.2, 0.25) is 0 Å². The third kappa shape index (κ3) is 2.72. The van der Waals surface area contributed by atoms with Gasteiger partial charge in [0, 0.05) is 17.9 Å². The average molecular weight is 235 g/mol. The smallest absolute Gasteiger partial charge is 0.305 e. The lowest BCUT2D eigenvalue weighted by Gasteiger charge is -2.29. The molecule has 0 radical (unpaired) electrons. The molecule has 0 unspecified atom stereocenters. The summed E-state index contributed by atoms with van der Waals surface area (Å²) >= 11 is 0. The van der Waals surface area contributed by atoms with Gasteiger partial charge in [-0.15, -0.1) is 0 Å². The Morgan fingerprint density at radius 3 is 2.65 bits per heavy atom. The van der Waals surface area contributed by atoms with E-state index in [9.17, 15) is 4.79 Å². The van der Waals surface area contributed by atoms with Crippen molar-refractivity contribution in [3.8, 4) is 0 Å². The minimum absolute atomic E-state index is 0.142. The molecule has 1 aliphatic carbocycles. The van der Waals surface area contributed by atoms with E-state index in [1.807, 2.05) is 6.92 Å². The number of carbonyl (C=O) groups is 1. The van der Waals surface area contributed by atoms with E-state index >= 15 is 0 Å². The van der Waals surface area contributed by atoms with Crippen molar-refractivity contribution in [2.45, 2.75) is 44.6 Å². The Balaban J connectivity index is 2.18. The molecular weight excluding hydrogens is 218 g/mol. The molecule has 0 atom stereocenters. The van der Waals surface area contributed by atoms with Crippen LogP contribution in [0.25, 0.3) is 0 Å². The van der Waals surface area contributed by atoms with Crippen molar-refractivity contribution in [2.75, 3.05) is 5.32 Å². The van der Waals surface area contributed by atoms with E-state index < -0.39 is 5.97 Å². The van der Waals surface area contributed by atoms with Gasteiger partial charge in [-0.2, -0.15) is 0 Å². The highest BCUT2D eigenvalue weighted by Gasteiger charge is 2.36. The molecular formula is C12H17N3O2. The number of nitrogens with one attached hydrogen (secondary N) is 1. The zero-order valence-electron chi connectivity index (χ0n) is 9.94. The first-order valence-electron chi connectivity index (χ1n) is 5.89. The molecule has 1 aromatic heterocycles. The van der Waals surface area contributed by atoms with Crippen LogP contribution in [0.4, 0.5) is 5.82 Å². The molecule has 1 aliphatic rings. The average Bonchev–Trinajstić information content (AvgIpc) is 2.69. The fourth-order valence-corrected chi connectivity index (χ4v) is 2.47. The first-order valence-corrected chi connectivity index (χ1v) is 5.89. The molecule has 2 rings (SSSR count). The van der Waals surface area contributed by atoms with Gasteiger partial charge in [-0.25, -0.2) is 4.98 Å². The molecule has 0 aliphatic heterocycles. The predicted octanol–water partition coefficient (Wildman–Crippen LogP) is 1.98. The van der Waals surface area contributed by atoms with Gasteiger partial charge in [0.05, 0.1) is 12.1 Å². The Kier molecular flexibility index (Phi) is 3.26. The van der Waals surface area contributed by atoms with Gasteiger partial charge in [-0.3, -0.25) is 9.78 Å². The lowest BCUT2D eigenvalue weighted by atomic mass is 9.93. The highest BCUT2D eigenvalue weighted by atomic mass is 16.4. The summed E-state index contributed by atoms with van der Waals surface area (Å²) in [6.45, 7) is 1.87.